The Morgan fingerprint density at radius 3 is 2.14 bits per heavy atom. The number of rotatable bonds is 13. The minimum atomic E-state index is 1.21. The molecule has 0 radical (unpaired) electrons. The zero-order valence-corrected chi connectivity index (χ0v) is 14.7. The lowest BCUT2D eigenvalue weighted by Gasteiger charge is -2.05. The SMILES string of the molecule is CCCCCCC[n+]1ccn(CCCCCC)c1CCC. The van der Waals surface area contributed by atoms with Gasteiger partial charge in [0.25, 0.3) is 5.82 Å². The zero-order valence-electron chi connectivity index (χ0n) is 14.7. The van der Waals surface area contributed by atoms with E-state index in [1.54, 1.807) is 5.82 Å². The second-order valence-electron chi connectivity index (χ2n) is 6.33. The lowest BCUT2D eigenvalue weighted by atomic mass is 10.1. The Kier molecular flexibility index (Phi) is 10.3. The molecule has 0 aliphatic heterocycles. The average molecular weight is 294 g/mol. The summed E-state index contributed by atoms with van der Waals surface area (Å²) in [5.74, 6) is 1.55. The first-order valence-corrected chi connectivity index (χ1v) is 9.40. The van der Waals surface area contributed by atoms with Crippen LogP contribution in [0.25, 0.3) is 0 Å². The molecule has 0 aliphatic carbocycles. The predicted octanol–water partition coefficient (Wildman–Crippen LogP) is 5.28. The van der Waals surface area contributed by atoms with E-state index in [-0.39, 0.29) is 0 Å². The Labute approximate surface area is 132 Å². The van der Waals surface area contributed by atoms with Gasteiger partial charge >= 0.3 is 0 Å². The van der Waals surface area contributed by atoms with Crippen LogP contribution in [0.4, 0.5) is 0 Å². The van der Waals surface area contributed by atoms with Crippen LogP contribution in [-0.4, -0.2) is 4.57 Å². The van der Waals surface area contributed by atoms with E-state index >= 15 is 0 Å². The van der Waals surface area contributed by atoms with Crippen LogP contribution in [0.3, 0.4) is 0 Å². The average Bonchev–Trinajstić information content (AvgIpc) is 2.86. The minimum absolute atomic E-state index is 1.21. The Balaban J connectivity index is 2.44. The Morgan fingerprint density at radius 2 is 1.48 bits per heavy atom. The van der Waals surface area contributed by atoms with Gasteiger partial charge in [-0.1, -0.05) is 52.9 Å². The molecule has 0 fully saturated rings. The van der Waals surface area contributed by atoms with Crippen molar-refractivity contribution in [3.8, 4) is 0 Å². The maximum Gasteiger partial charge on any atom is 0.256 e. The Hall–Kier alpha value is -0.790. The highest BCUT2D eigenvalue weighted by molar-refractivity contribution is 4.84. The number of aromatic nitrogens is 2. The molecule has 0 spiro atoms. The molecule has 0 unspecified atom stereocenters. The molecule has 0 amide bonds. The van der Waals surface area contributed by atoms with Crippen molar-refractivity contribution in [2.24, 2.45) is 0 Å². The Morgan fingerprint density at radius 1 is 0.810 bits per heavy atom. The van der Waals surface area contributed by atoms with Gasteiger partial charge in [-0.15, -0.1) is 0 Å². The maximum absolute atomic E-state index is 2.51. The second-order valence-corrected chi connectivity index (χ2v) is 6.33. The maximum atomic E-state index is 2.51. The van der Waals surface area contributed by atoms with Crippen LogP contribution in [0, 0.1) is 0 Å². The summed E-state index contributed by atoms with van der Waals surface area (Å²) in [6.45, 7) is 9.27. The van der Waals surface area contributed by atoms with Crippen molar-refractivity contribution >= 4 is 0 Å². The highest BCUT2D eigenvalue weighted by Crippen LogP contribution is 2.07. The summed E-state index contributed by atoms with van der Waals surface area (Å²) >= 11 is 0. The number of unbranched alkanes of at least 4 members (excludes halogenated alkanes) is 7. The molecular weight excluding hydrogens is 256 g/mol. The first kappa shape index (κ1) is 18.3. The predicted molar refractivity (Wildman–Crippen MR) is 91.5 cm³/mol. The van der Waals surface area contributed by atoms with Crippen molar-refractivity contribution < 1.29 is 4.57 Å². The summed E-state index contributed by atoms with van der Waals surface area (Å²) in [7, 11) is 0. The van der Waals surface area contributed by atoms with E-state index in [0.29, 0.717) is 0 Å². The fourth-order valence-electron chi connectivity index (χ4n) is 3.01. The molecule has 2 heteroatoms. The summed E-state index contributed by atoms with van der Waals surface area (Å²) < 4.78 is 5.01. The van der Waals surface area contributed by atoms with E-state index < -0.39 is 0 Å². The third kappa shape index (κ3) is 7.15. The van der Waals surface area contributed by atoms with Gasteiger partial charge < -0.3 is 0 Å². The highest BCUT2D eigenvalue weighted by Gasteiger charge is 2.15. The molecule has 0 atom stereocenters. The summed E-state index contributed by atoms with van der Waals surface area (Å²) in [6, 6.07) is 0. The van der Waals surface area contributed by atoms with Gasteiger partial charge in [0.15, 0.2) is 0 Å². The molecule has 0 saturated heterocycles. The van der Waals surface area contributed by atoms with Crippen molar-refractivity contribution in [1.29, 1.82) is 0 Å². The van der Waals surface area contributed by atoms with Gasteiger partial charge in [-0.2, -0.15) is 0 Å². The Bertz CT molecular complexity index is 354. The molecule has 0 aliphatic rings. The number of hydrogen-bond donors (Lipinski definition) is 0. The van der Waals surface area contributed by atoms with Crippen LogP contribution in [0.15, 0.2) is 12.4 Å². The van der Waals surface area contributed by atoms with Gasteiger partial charge in [0, 0.05) is 6.42 Å². The summed E-state index contributed by atoms with van der Waals surface area (Å²) in [5.41, 5.74) is 0. The standard InChI is InChI=1S/C19H37N2/c1-4-7-9-11-13-16-21-18-17-20(19(21)14-6-3)15-12-10-8-5-2/h17-18H,4-16H2,1-3H3/q+1. The van der Waals surface area contributed by atoms with Crippen LogP contribution in [0.5, 0.6) is 0 Å². The van der Waals surface area contributed by atoms with Crippen molar-refractivity contribution in [3.63, 3.8) is 0 Å². The molecule has 1 rings (SSSR count). The van der Waals surface area contributed by atoms with Crippen LogP contribution in [-0.2, 0) is 19.5 Å². The lowest BCUT2D eigenvalue weighted by Crippen LogP contribution is -2.37. The summed E-state index contributed by atoms with van der Waals surface area (Å²) in [5, 5.41) is 0. The molecule has 1 aromatic heterocycles. The normalized spacial score (nSPS) is 11.2. The fraction of sp³-hybridized carbons (Fsp3) is 0.842. The van der Waals surface area contributed by atoms with E-state index in [4.69, 9.17) is 0 Å². The third-order valence-corrected chi connectivity index (χ3v) is 4.32. The second kappa shape index (κ2) is 11.8. The van der Waals surface area contributed by atoms with E-state index in [1.807, 2.05) is 0 Å². The zero-order chi connectivity index (χ0) is 15.3. The number of aryl methyl sites for hydroxylation is 2. The van der Waals surface area contributed by atoms with Crippen LogP contribution in [0.1, 0.15) is 90.8 Å². The quantitative estimate of drug-likeness (QED) is 0.346. The van der Waals surface area contributed by atoms with E-state index in [2.05, 4.69) is 42.3 Å². The first-order valence-electron chi connectivity index (χ1n) is 9.40. The highest BCUT2D eigenvalue weighted by atomic mass is 15.1. The van der Waals surface area contributed by atoms with Crippen LogP contribution < -0.4 is 4.57 Å². The van der Waals surface area contributed by atoms with Crippen molar-refractivity contribution in [3.05, 3.63) is 18.2 Å². The van der Waals surface area contributed by atoms with Gasteiger partial charge in [-0.25, -0.2) is 9.13 Å². The van der Waals surface area contributed by atoms with Gasteiger partial charge in [-0.3, -0.25) is 0 Å². The summed E-state index contributed by atoms with van der Waals surface area (Å²) in [4.78, 5) is 0. The van der Waals surface area contributed by atoms with Crippen molar-refractivity contribution in [2.45, 2.75) is 104 Å². The largest absolute Gasteiger partial charge is 0.256 e. The van der Waals surface area contributed by atoms with Gasteiger partial charge in [0.2, 0.25) is 0 Å². The molecule has 0 saturated carbocycles. The number of nitrogens with zero attached hydrogens (tertiary/aromatic N) is 2. The fourth-order valence-corrected chi connectivity index (χ4v) is 3.01. The van der Waals surface area contributed by atoms with Gasteiger partial charge in [0.05, 0.1) is 13.1 Å². The van der Waals surface area contributed by atoms with Crippen molar-refractivity contribution in [2.75, 3.05) is 0 Å². The molecule has 0 bridgehead atoms. The van der Waals surface area contributed by atoms with Crippen LogP contribution >= 0.6 is 0 Å². The molecule has 0 aromatic carbocycles. The smallest absolute Gasteiger partial charge is 0.234 e. The van der Waals surface area contributed by atoms with E-state index in [0.717, 1.165) is 0 Å². The van der Waals surface area contributed by atoms with E-state index in [9.17, 15) is 0 Å². The molecule has 0 N–H and O–H groups in total. The third-order valence-electron chi connectivity index (χ3n) is 4.32. The monoisotopic (exact) mass is 293 g/mol. The minimum Gasteiger partial charge on any atom is -0.234 e. The van der Waals surface area contributed by atoms with E-state index in [1.165, 1.54) is 83.7 Å². The molecule has 21 heavy (non-hydrogen) atoms. The lowest BCUT2D eigenvalue weighted by molar-refractivity contribution is -0.704. The molecule has 122 valence electrons. The van der Waals surface area contributed by atoms with Crippen molar-refractivity contribution in [1.82, 2.24) is 4.57 Å². The summed E-state index contributed by atoms with van der Waals surface area (Å²) in [6.07, 6.45) is 19.3. The molecular formula is C19H37N2+. The number of imidazole rings is 1. The molecule has 2 nitrogen and oxygen atoms in total. The molecule has 1 aromatic rings. The number of hydrogen-bond acceptors (Lipinski definition) is 0. The first-order chi connectivity index (χ1) is 10.3. The van der Waals surface area contributed by atoms with Gasteiger partial charge in [-0.05, 0) is 32.1 Å². The topological polar surface area (TPSA) is 8.81 Å². The van der Waals surface area contributed by atoms with Crippen LogP contribution in [0.2, 0.25) is 0 Å². The van der Waals surface area contributed by atoms with Gasteiger partial charge in [0.1, 0.15) is 12.4 Å². The molecule has 1 heterocycles.